The van der Waals surface area contributed by atoms with Crippen LogP contribution in [0.3, 0.4) is 0 Å². The first-order chi connectivity index (χ1) is 12.8. The maximum absolute atomic E-state index is 10.5. The molecule has 6 heteroatoms. The summed E-state index contributed by atoms with van der Waals surface area (Å²) >= 11 is 0. The Labute approximate surface area is 152 Å². The average molecular weight is 353 g/mol. The second-order valence-corrected chi connectivity index (χ2v) is 6.53. The molecule has 4 rings (SSSR count). The van der Waals surface area contributed by atoms with Crippen LogP contribution in [0.5, 0.6) is 0 Å². The predicted molar refractivity (Wildman–Crippen MR) is 99.2 cm³/mol. The van der Waals surface area contributed by atoms with Crippen molar-refractivity contribution in [2.24, 2.45) is 0 Å². The fraction of sp³-hybridized carbons (Fsp3) is 0.350. The fourth-order valence-corrected chi connectivity index (χ4v) is 3.45. The van der Waals surface area contributed by atoms with Crippen LogP contribution in [0.15, 0.2) is 48.5 Å². The topological polar surface area (TPSA) is 70.8 Å². The van der Waals surface area contributed by atoms with E-state index in [0.29, 0.717) is 12.4 Å². The molecule has 0 aliphatic carbocycles. The minimum atomic E-state index is -0.529. The largest absolute Gasteiger partial charge is 0.388 e. The molecule has 1 fully saturated rings. The lowest BCUT2D eigenvalue weighted by molar-refractivity contribution is 0.0143. The summed E-state index contributed by atoms with van der Waals surface area (Å²) in [4.78, 5) is 6.71. The zero-order chi connectivity index (χ0) is 17.9. The van der Waals surface area contributed by atoms with E-state index in [1.54, 1.807) is 0 Å². The van der Waals surface area contributed by atoms with Crippen molar-refractivity contribution in [2.45, 2.75) is 12.7 Å². The number of rotatable bonds is 5. The van der Waals surface area contributed by atoms with E-state index < -0.39 is 6.10 Å². The number of morpholine rings is 1. The Balaban J connectivity index is 1.58. The second kappa shape index (κ2) is 7.55. The molecule has 0 amide bonds. The number of ether oxygens (including phenoxy) is 1. The monoisotopic (exact) mass is 353 g/mol. The van der Waals surface area contributed by atoms with Gasteiger partial charge in [0.05, 0.1) is 30.4 Å². The van der Waals surface area contributed by atoms with Crippen molar-refractivity contribution in [3.8, 4) is 5.69 Å². The molecule has 2 heterocycles. The number of aliphatic hydroxyl groups excluding tert-OH is 2. The second-order valence-electron chi connectivity index (χ2n) is 6.53. The molecule has 1 aliphatic rings. The third kappa shape index (κ3) is 3.37. The minimum absolute atomic E-state index is 0.129. The van der Waals surface area contributed by atoms with Crippen LogP contribution in [0.4, 0.5) is 0 Å². The van der Waals surface area contributed by atoms with Gasteiger partial charge in [0.2, 0.25) is 0 Å². The number of aliphatic hydroxyl groups is 2. The molecule has 1 aromatic heterocycles. The molecule has 6 nitrogen and oxygen atoms in total. The lowest BCUT2D eigenvalue weighted by Gasteiger charge is -2.28. The third-order valence-corrected chi connectivity index (χ3v) is 4.84. The highest BCUT2D eigenvalue weighted by molar-refractivity contribution is 5.78. The van der Waals surface area contributed by atoms with E-state index in [9.17, 15) is 10.2 Å². The van der Waals surface area contributed by atoms with Crippen molar-refractivity contribution in [1.29, 1.82) is 0 Å². The van der Waals surface area contributed by atoms with Crippen molar-refractivity contribution in [1.82, 2.24) is 14.5 Å². The third-order valence-electron chi connectivity index (χ3n) is 4.84. The van der Waals surface area contributed by atoms with E-state index in [0.717, 1.165) is 48.6 Å². The number of β-amino-alcohol motifs (C(OH)–C–C–N with tert-alkyl or cyclic N) is 1. The summed E-state index contributed by atoms with van der Waals surface area (Å²) in [5.74, 6) is 0.604. The van der Waals surface area contributed by atoms with Crippen molar-refractivity contribution >= 4 is 11.0 Å². The molecule has 0 bridgehead atoms. The molecule has 0 spiro atoms. The zero-order valence-corrected chi connectivity index (χ0v) is 14.6. The van der Waals surface area contributed by atoms with E-state index in [2.05, 4.69) is 9.88 Å². The van der Waals surface area contributed by atoms with Crippen LogP contribution in [-0.4, -0.2) is 57.5 Å². The predicted octanol–water partition coefficient (Wildman–Crippen LogP) is 1.88. The van der Waals surface area contributed by atoms with Gasteiger partial charge in [-0.25, -0.2) is 4.98 Å². The first-order valence-electron chi connectivity index (χ1n) is 8.92. The van der Waals surface area contributed by atoms with Gasteiger partial charge in [0, 0.05) is 25.3 Å². The highest BCUT2D eigenvalue weighted by atomic mass is 16.5. The lowest BCUT2D eigenvalue weighted by Crippen LogP contribution is -2.38. The molecule has 2 N–H and O–H groups in total. The Kier molecular flexibility index (Phi) is 4.99. The van der Waals surface area contributed by atoms with Gasteiger partial charge in [-0.1, -0.05) is 24.3 Å². The molecule has 136 valence electrons. The Bertz CT molecular complexity index is 870. The van der Waals surface area contributed by atoms with Gasteiger partial charge in [0.25, 0.3) is 0 Å². The van der Waals surface area contributed by atoms with Crippen molar-refractivity contribution in [2.75, 3.05) is 32.8 Å². The molecule has 2 aromatic carbocycles. The number of fused-ring (bicyclic) bond motifs is 1. The number of hydrogen-bond donors (Lipinski definition) is 2. The molecule has 1 aliphatic heterocycles. The van der Waals surface area contributed by atoms with E-state index >= 15 is 0 Å². The summed E-state index contributed by atoms with van der Waals surface area (Å²) in [5, 5.41) is 20.2. The van der Waals surface area contributed by atoms with Crippen molar-refractivity contribution < 1.29 is 14.9 Å². The van der Waals surface area contributed by atoms with Crippen LogP contribution >= 0.6 is 0 Å². The van der Waals surface area contributed by atoms with Crippen LogP contribution < -0.4 is 0 Å². The number of benzene rings is 2. The van der Waals surface area contributed by atoms with Gasteiger partial charge in [0.1, 0.15) is 12.4 Å². The van der Waals surface area contributed by atoms with Crippen LogP contribution in [-0.2, 0) is 11.3 Å². The number of aromatic nitrogens is 2. The van der Waals surface area contributed by atoms with Gasteiger partial charge < -0.3 is 14.9 Å². The fourth-order valence-electron chi connectivity index (χ4n) is 3.45. The summed E-state index contributed by atoms with van der Waals surface area (Å²) in [6, 6.07) is 15.6. The highest BCUT2D eigenvalue weighted by Crippen LogP contribution is 2.23. The Hall–Kier alpha value is -2.25. The number of hydrogen-bond acceptors (Lipinski definition) is 5. The van der Waals surface area contributed by atoms with Gasteiger partial charge in [-0.15, -0.1) is 0 Å². The molecule has 0 saturated carbocycles. The molecule has 1 atom stereocenters. The molecular formula is C20H23N3O3. The maximum Gasteiger partial charge on any atom is 0.140 e. The van der Waals surface area contributed by atoms with Crippen molar-refractivity contribution in [3.63, 3.8) is 0 Å². The lowest BCUT2D eigenvalue weighted by atomic mass is 10.1. The quantitative estimate of drug-likeness (QED) is 0.733. The van der Waals surface area contributed by atoms with Crippen LogP contribution in [0.25, 0.3) is 16.7 Å². The van der Waals surface area contributed by atoms with E-state index in [4.69, 9.17) is 4.74 Å². The Morgan fingerprint density at radius 3 is 2.50 bits per heavy atom. The van der Waals surface area contributed by atoms with Gasteiger partial charge in [-0.05, 0) is 29.8 Å². The summed E-state index contributed by atoms with van der Waals surface area (Å²) in [7, 11) is 0. The zero-order valence-electron chi connectivity index (χ0n) is 14.6. The summed E-state index contributed by atoms with van der Waals surface area (Å²) < 4.78 is 7.30. The maximum atomic E-state index is 10.5. The molecule has 0 unspecified atom stereocenters. The van der Waals surface area contributed by atoms with Crippen molar-refractivity contribution in [3.05, 3.63) is 59.9 Å². The summed E-state index contributed by atoms with van der Waals surface area (Å²) in [6.45, 7) is 3.65. The smallest absolute Gasteiger partial charge is 0.140 e. The van der Waals surface area contributed by atoms with Crippen LogP contribution in [0.1, 0.15) is 17.5 Å². The van der Waals surface area contributed by atoms with Gasteiger partial charge in [0.15, 0.2) is 0 Å². The van der Waals surface area contributed by atoms with Gasteiger partial charge in [-0.3, -0.25) is 9.47 Å². The Morgan fingerprint density at radius 2 is 1.77 bits per heavy atom. The number of imidazole rings is 1. The number of nitrogens with zero attached hydrogens (tertiary/aromatic N) is 3. The van der Waals surface area contributed by atoms with Crippen LogP contribution in [0, 0.1) is 0 Å². The van der Waals surface area contributed by atoms with Gasteiger partial charge in [-0.2, -0.15) is 0 Å². The van der Waals surface area contributed by atoms with Gasteiger partial charge >= 0.3 is 0 Å². The Morgan fingerprint density at radius 1 is 1.04 bits per heavy atom. The SMILES string of the molecule is OCc1nc2ccccc2n1-c1ccc([C@@H](O)CN2CCOCC2)cc1. The molecule has 26 heavy (non-hydrogen) atoms. The first kappa shape index (κ1) is 17.2. The average Bonchev–Trinajstić information content (AvgIpc) is 3.07. The minimum Gasteiger partial charge on any atom is -0.388 e. The van der Waals surface area contributed by atoms with E-state index in [1.807, 2.05) is 53.1 Å². The molecule has 1 saturated heterocycles. The summed E-state index contributed by atoms with van der Waals surface area (Å²) in [6.07, 6.45) is -0.529. The standard InChI is InChI=1S/C20H23N3O3/c24-14-20-21-17-3-1-2-4-18(17)23(20)16-7-5-15(6-8-16)19(25)13-22-9-11-26-12-10-22/h1-8,19,24-25H,9-14H2/t19-/m0/s1. The number of para-hydroxylation sites is 2. The first-order valence-corrected chi connectivity index (χ1v) is 8.92. The highest BCUT2D eigenvalue weighted by Gasteiger charge is 2.17. The normalized spacial score (nSPS) is 16.8. The molecule has 0 radical (unpaired) electrons. The van der Waals surface area contributed by atoms with E-state index in [-0.39, 0.29) is 6.61 Å². The summed E-state index contributed by atoms with van der Waals surface area (Å²) in [5.41, 5.74) is 3.62. The molecular weight excluding hydrogens is 330 g/mol. The molecule has 3 aromatic rings. The van der Waals surface area contributed by atoms with Crippen LogP contribution in [0.2, 0.25) is 0 Å². The van der Waals surface area contributed by atoms with E-state index in [1.165, 1.54) is 0 Å².